The highest BCUT2D eigenvalue weighted by molar-refractivity contribution is 5.92. The summed E-state index contributed by atoms with van der Waals surface area (Å²) in [5.41, 5.74) is 3.49. The van der Waals surface area contributed by atoms with Gasteiger partial charge in [0.2, 0.25) is 0 Å². The van der Waals surface area contributed by atoms with E-state index in [0.717, 1.165) is 41.9 Å². The van der Waals surface area contributed by atoms with Crippen LogP contribution in [0.2, 0.25) is 0 Å². The molecule has 0 saturated carbocycles. The Morgan fingerprint density at radius 1 is 1.17 bits per heavy atom. The summed E-state index contributed by atoms with van der Waals surface area (Å²) in [6, 6.07) is 19.3. The lowest BCUT2D eigenvalue weighted by Gasteiger charge is -2.12. The van der Waals surface area contributed by atoms with E-state index in [1.807, 2.05) is 53.1 Å². The fraction of sp³-hybridized carbons (Fsp3) is 0.240. The molecule has 3 aromatic rings. The van der Waals surface area contributed by atoms with E-state index in [1.165, 1.54) is 0 Å². The quantitative estimate of drug-likeness (QED) is 0.521. The number of carboxylic acid groups (broad SMARTS) is 1. The smallest absolute Gasteiger partial charge is 0.331 e. The molecular weight excluding hydrogens is 374 g/mol. The maximum absolute atomic E-state index is 11.9. The second kappa shape index (κ2) is 10.2. The van der Waals surface area contributed by atoms with E-state index in [0.29, 0.717) is 24.1 Å². The number of rotatable bonds is 9. The number of hydrogen-bond donors (Lipinski definition) is 1. The summed E-state index contributed by atoms with van der Waals surface area (Å²) in [6.45, 7) is 2.61. The minimum atomic E-state index is -0.945. The number of nitriles is 1. The Labute approximate surface area is 176 Å². The molecule has 5 heteroatoms. The van der Waals surface area contributed by atoms with E-state index in [-0.39, 0.29) is 0 Å². The van der Waals surface area contributed by atoms with Gasteiger partial charge in [-0.3, -0.25) is 0 Å². The van der Waals surface area contributed by atoms with Crippen LogP contribution < -0.4 is 0 Å². The Bertz CT molecular complexity index is 1080. The topological polar surface area (TPSA) is 78.9 Å². The van der Waals surface area contributed by atoms with Gasteiger partial charge in [0.05, 0.1) is 30.1 Å². The molecule has 1 N–H and O–H groups in total. The van der Waals surface area contributed by atoms with Crippen LogP contribution in [-0.2, 0) is 24.2 Å². The number of nitrogens with zero attached hydrogens (tertiary/aromatic N) is 3. The van der Waals surface area contributed by atoms with Crippen LogP contribution >= 0.6 is 0 Å². The van der Waals surface area contributed by atoms with Crippen molar-refractivity contribution in [1.82, 2.24) is 9.55 Å². The fourth-order valence-electron chi connectivity index (χ4n) is 3.38. The molecule has 30 heavy (non-hydrogen) atoms. The van der Waals surface area contributed by atoms with E-state index < -0.39 is 5.97 Å². The Hall–Kier alpha value is -3.65. The maximum atomic E-state index is 11.9. The van der Waals surface area contributed by atoms with Gasteiger partial charge in [0.15, 0.2) is 0 Å². The van der Waals surface area contributed by atoms with E-state index in [4.69, 9.17) is 0 Å². The molecule has 0 aliphatic rings. The van der Waals surface area contributed by atoms with Crippen LogP contribution in [0.3, 0.4) is 0 Å². The summed E-state index contributed by atoms with van der Waals surface area (Å²) in [7, 11) is 0. The second-order valence-corrected chi connectivity index (χ2v) is 7.20. The molecule has 1 aromatic heterocycles. The standard InChI is InChI=1S/C25H25N3O2/c1-2-3-13-24-27-17-23(28(24)18-21-12-8-7-11-20(21)16-26)15-22(25(29)30)14-19-9-5-4-6-10-19/h4-12,15,17H,2-3,13-14,18H2,1H3,(H,29,30). The van der Waals surface area contributed by atoms with Crippen LogP contribution in [0.5, 0.6) is 0 Å². The lowest BCUT2D eigenvalue weighted by atomic mass is 10.0. The van der Waals surface area contributed by atoms with Crippen molar-refractivity contribution in [2.24, 2.45) is 0 Å². The second-order valence-electron chi connectivity index (χ2n) is 7.20. The third-order valence-corrected chi connectivity index (χ3v) is 5.02. The van der Waals surface area contributed by atoms with Crippen molar-refractivity contribution in [3.05, 3.63) is 94.6 Å². The average Bonchev–Trinajstić information content (AvgIpc) is 3.14. The zero-order valence-electron chi connectivity index (χ0n) is 17.1. The third-order valence-electron chi connectivity index (χ3n) is 5.02. The van der Waals surface area contributed by atoms with Gasteiger partial charge in [0, 0.05) is 18.4 Å². The van der Waals surface area contributed by atoms with Gasteiger partial charge >= 0.3 is 5.97 Å². The number of carboxylic acids is 1. The first-order valence-electron chi connectivity index (χ1n) is 10.1. The van der Waals surface area contributed by atoms with Crippen LogP contribution in [0.1, 0.15) is 48.0 Å². The molecule has 1 heterocycles. The number of imidazole rings is 1. The molecule has 2 aromatic carbocycles. The van der Waals surface area contributed by atoms with Crippen LogP contribution in [0.25, 0.3) is 6.08 Å². The van der Waals surface area contributed by atoms with Gasteiger partial charge in [-0.1, -0.05) is 61.9 Å². The molecular formula is C25H25N3O2. The molecule has 5 nitrogen and oxygen atoms in total. The Morgan fingerprint density at radius 3 is 2.60 bits per heavy atom. The highest BCUT2D eigenvalue weighted by Crippen LogP contribution is 2.19. The number of unbranched alkanes of at least 4 members (excludes halogenated alkanes) is 1. The zero-order valence-corrected chi connectivity index (χ0v) is 17.1. The summed E-state index contributed by atoms with van der Waals surface area (Å²) < 4.78 is 2.03. The maximum Gasteiger partial charge on any atom is 0.331 e. The molecule has 0 spiro atoms. The molecule has 0 radical (unpaired) electrons. The van der Waals surface area contributed by atoms with Gasteiger partial charge in [-0.2, -0.15) is 5.26 Å². The molecule has 0 aliphatic carbocycles. The molecule has 0 saturated heterocycles. The summed E-state index contributed by atoms with van der Waals surface area (Å²) in [6.07, 6.45) is 6.61. The minimum absolute atomic E-state index is 0.304. The van der Waals surface area contributed by atoms with Crippen molar-refractivity contribution in [1.29, 1.82) is 5.26 Å². The lowest BCUT2D eigenvalue weighted by Crippen LogP contribution is -2.10. The first-order valence-corrected chi connectivity index (χ1v) is 10.1. The number of benzene rings is 2. The van der Waals surface area contributed by atoms with Gasteiger partial charge in [0.1, 0.15) is 5.82 Å². The number of aromatic nitrogens is 2. The summed E-state index contributed by atoms with van der Waals surface area (Å²) >= 11 is 0. The van der Waals surface area contributed by atoms with E-state index >= 15 is 0 Å². The highest BCUT2D eigenvalue weighted by Gasteiger charge is 2.14. The van der Waals surface area contributed by atoms with Crippen molar-refractivity contribution in [2.75, 3.05) is 0 Å². The minimum Gasteiger partial charge on any atom is -0.478 e. The number of carbonyl (C=O) groups is 1. The van der Waals surface area contributed by atoms with E-state index in [9.17, 15) is 15.2 Å². The molecule has 0 atom stereocenters. The van der Waals surface area contributed by atoms with Gasteiger partial charge in [-0.05, 0) is 29.7 Å². The van der Waals surface area contributed by atoms with Crippen LogP contribution in [-0.4, -0.2) is 20.6 Å². The number of hydrogen-bond acceptors (Lipinski definition) is 3. The summed E-state index contributed by atoms with van der Waals surface area (Å²) in [5, 5.41) is 19.2. The molecule has 0 unspecified atom stereocenters. The molecule has 3 rings (SSSR count). The predicted octanol–water partition coefficient (Wildman–Crippen LogP) is 4.86. The Balaban J connectivity index is 2.00. The van der Waals surface area contributed by atoms with Gasteiger partial charge < -0.3 is 9.67 Å². The van der Waals surface area contributed by atoms with E-state index in [1.54, 1.807) is 18.3 Å². The van der Waals surface area contributed by atoms with Crippen molar-refractivity contribution < 1.29 is 9.90 Å². The van der Waals surface area contributed by atoms with Crippen molar-refractivity contribution >= 4 is 12.0 Å². The molecule has 0 bridgehead atoms. The van der Waals surface area contributed by atoms with Gasteiger partial charge in [0.25, 0.3) is 0 Å². The molecule has 0 fully saturated rings. The number of aliphatic carboxylic acids is 1. The monoisotopic (exact) mass is 399 g/mol. The SMILES string of the molecule is CCCCc1ncc(C=C(Cc2ccccc2)C(=O)O)n1Cc1ccccc1C#N. The van der Waals surface area contributed by atoms with Crippen LogP contribution in [0.15, 0.2) is 66.4 Å². The first kappa shape index (κ1) is 21.1. The van der Waals surface area contributed by atoms with Crippen LogP contribution in [0, 0.1) is 11.3 Å². The Morgan fingerprint density at radius 2 is 1.90 bits per heavy atom. The first-order chi connectivity index (χ1) is 14.6. The summed E-state index contributed by atoms with van der Waals surface area (Å²) in [4.78, 5) is 16.5. The third kappa shape index (κ3) is 5.24. The normalized spacial score (nSPS) is 11.3. The van der Waals surface area contributed by atoms with Crippen LogP contribution in [0.4, 0.5) is 0 Å². The van der Waals surface area contributed by atoms with Crippen molar-refractivity contribution in [3.8, 4) is 6.07 Å². The number of aryl methyl sites for hydroxylation is 1. The van der Waals surface area contributed by atoms with Gasteiger partial charge in [-0.15, -0.1) is 0 Å². The highest BCUT2D eigenvalue weighted by atomic mass is 16.4. The Kier molecular flexibility index (Phi) is 7.18. The average molecular weight is 399 g/mol. The summed E-state index contributed by atoms with van der Waals surface area (Å²) in [5.74, 6) is -0.0422. The fourth-order valence-corrected chi connectivity index (χ4v) is 3.38. The van der Waals surface area contributed by atoms with E-state index in [2.05, 4.69) is 18.0 Å². The molecule has 152 valence electrons. The lowest BCUT2D eigenvalue weighted by molar-refractivity contribution is -0.132. The van der Waals surface area contributed by atoms with Gasteiger partial charge in [-0.25, -0.2) is 9.78 Å². The predicted molar refractivity (Wildman–Crippen MR) is 117 cm³/mol. The van der Waals surface area contributed by atoms with Crippen molar-refractivity contribution in [3.63, 3.8) is 0 Å². The zero-order chi connectivity index (χ0) is 21.3. The molecule has 0 amide bonds. The molecule has 0 aliphatic heterocycles. The van der Waals surface area contributed by atoms with Crippen molar-refractivity contribution in [2.45, 2.75) is 39.2 Å². The largest absolute Gasteiger partial charge is 0.478 e.